The number of carboxylic acid groups (broad SMARTS) is 1. The van der Waals surface area contributed by atoms with Crippen molar-refractivity contribution in [3.63, 3.8) is 0 Å². The van der Waals surface area contributed by atoms with Crippen molar-refractivity contribution in [2.45, 2.75) is 23.8 Å². The largest absolute Gasteiger partial charge is 0.480 e. The molecular formula is C14H13NO6S. The highest BCUT2D eigenvalue weighted by Gasteiger charge is 2.39. The molecule has 1 saturated heterocycles. The molecule has 1 unspecified atom stereocenters. The summed E-state index contributed by atoms with van der Waals surface area (Å²) >= 11 is 0. The van der Waals surface area contributed by atoms with E-state index in [4.69, 9.17) is 9.52 Å². The van der Waals surface area contributed by atoms with Crippen molar-refractivity contribution < 1.29 is 22.7 Å². The average molecular weight is 323 g/mol. The van der Waals surface area contributed by atoms with Gasteiger partial charge in [0.1, 0.15) is 11.6 Å². The van der Waals surface area contributed by atoms with Gasteiger partial charge in [-0.25, -0.2) is 13.2 Å². The molecule has 1 aromatic heterocycles. The molecule has 116 valence electrons. The summed E-state index contributed by atoms with van der Waals surface area (Å²) in [5.74, 6) is -1.15. The molecule has 1 fully saturated rings. The van der Waals surface area contributed by atoms with Gasteiger partial charge in [-0.05, 0) is 37.1 Å². The Bertz CT molecular complexity index is 901. The number of carboxylic acids is 1. The smallest absolute Gasteiger partial charge is 0.336 e. The minimum atomic E-state index is -3.90. The fourth-order valence-electron chi connectivity index (χ4n) is 2.62. The van der Waals surface area contributed by atoms with Crippen molar-refractivity contribution in [2.24, 2.45) is 0 Å². The van der Waals surface area contributed by atoms with Crippen molar-refractivity contribution in [3.05, 3.63) is 40.8 Å². The number of nitrogens with zero attached hydrogens (tertiary/aromatic N) is 1. The van der Waals surface area contributed by atoms with Gasteiger partial charge < -0.3 is 9.52 Å². The predicted molar refractivity (Wildman–Crippen MR) is 77.0 cm³/mol. The Morgan fingerprint density at radius 2 is 2.05 bits per heavy atom. The first-order valence-corrected chi connectivity index (χ1v) is 8.12. The zero-order valence-corrected chi connectivity index (χ0v) is 12.2. The number of sulfonamides is 1. The molecule has 22 heavy (non-hydrogen) atoms. The monoisotopic (exact) mass is 323 g/mol. The van der Waals surface area contributed by atoms with Gasteiger partial charge in [0.2, 0.25) is 10.0 Å². The Labute approximate surface area is 125 Å². The maximum atomic E-state index is 12.6. The summed E-state index contributed by atoms with van der Waals surface area (Å²) in [6.07, 6.45) is 0.815. The Morgan fingerprint density at radius 1 is 1.27 bits per heavy atom. The molecule has 0 radical (unpaired) electrons. The van der Waals surface area contributed by atoms with E-state index in [1.165, 1.54) is 30.3 Å². The number of hydrogen-bond acceptors (Lipinski definition) is 5. The van der Waals surface area contributed by atoms with E-state index in [0.29, 0.717) is 18.2 Å². The van der Waals surface area contributed by atoms with Gasteiger partial charge in [0.25, 0.3) is 0 Å². The van der Waals surface area contributed by atoms with Crippen LogP contribution in [0.2, 0.25) is 0 Å². The van der Waals surface area contributed by atoms with Crippen molar-refractivity contribution >= 4 is 27.0 Å². The molecule has 1 N–H and O–H groups in total. The summed E-state index contributed by atoms with van der Waals surface area (Å²) in [6, 6.07) is 5.74. The molecular weight excluding hydrogens is 310 g/mol. The molecule has 0 bridgehead atoms. The maximum Gasteiger partial charge on any atom is 0.336 e. The van der Waals surface area contributed by atoms with Gasteiger partial charge in [0, 0.05) is 18.0 Å². The first kappa shape index (κ1) is 14.7. The van der Waals surface area contributed by atoms with Gasteiger partial charge >= 0.3 is 11.6 Å². The van der Waals surface area contributed by atoms with E-state index in [1.54, 1.807) is 0 Å². The van der Waals surface area contributed by atoms with Crippen LogP contribution in [0.25, 0.3) is 11.0 Å². The number of benzene rings is 1. The van der Waals surface area contributed by atoms with Crippen molar-refractivity contribution in [3.8, 4) is 0 Å². The number of hydrogen-bond donors (Lipinski definition) is 1. The second kappa shape index (κ2) is 5.22. The van der Waals surface area contributed by atoms with Gasteiger partial charge in [0.05, 0.1) is 4.90 Å². The van der Waals surface area contributed by atoms with Crippen LogP contribution in [0.4, 0.5) is 0 Å². The summed E-state index contributed by atoms with van der Waals surface area (Å²) in [5, 5.41) is 9.60. The van der Waals surface area contributed by atoms with Gasteiger partial charge in [-0.15, -0.1) is 0 Å². The summed E-state index contributed by atoms with van der Waals surface area (Å²) in [5.41, 5.74) is -0.240. The third-order valence-electron chi connectivity index (χ3n) is 3.69. The predicted octanol–water partition coefficient (Wildman–Crippen LogP) is 1.03. The second-order valence-corrected chi connectivity index (χ2v) is 6.96. The number of rotatable bonds is 3. The van der Waals surface area contributed by atoms with E-state index in [9.17, 15) is 18.0 Å². The Balaban J connectivity index is 2.07. The first-order chi connectivity index (χ1) is 10.4. The van der Waals surface area contributed by atoms with Gasteiger partial charge in [0.15, 0.2) is 0 Å². The highest BCUT2D eigenvalue weighted by Crippen LogP contribution is 2.27. The van der Waals surface area contributed by atoms with Crippen molar-refractivity contribution in [1.29, 1.82) is 0 Å². The Hall–Kier alpha value is -2.19. The third kappa shape index (κ3) is 2.40. The number of fused-ring (bicyclic) bond motifs is 1. The topological polar surface area (TPSA) is 105 Å². The van der Waals surface area contributed by atoms with Crippen LogP contribution < -0.4 is 5.63 Å². The molecule has 2 heterocycles. The average Bonchev–Trinajstić information content (AvgIpc) is 2.97. The third-order valence-corrected chi connectivity index (χ3v) is 5.59. The van der Waals surface area contributed by atoms with E-state index in [1.807, 2.05) is 0 Å². The minimum absolute atomic E-state index is 0.0120. The zero-order valence-electron chi connectivity index (χ0n) is 11.4. The van der Waals surface area contributed by atoms with Gasteiger partial charge in [-0.2, -0.15) is 4.31 Å². The molecule has 0 saturated carbocycles. The maximum absolute atomic E-state index is 12.6. The molecule has 3 rings (SSSR count). The van der Waals surface area contributed by atoms with Crippen LogP contribution in [0.5, 0.6) is 0 Å². The van der Waals surface area contributed by atoms with E-state index in [0.717, 1.165) is 4.31 Å². The van der Waals surface area contributed by atoms with Crippen molar-refractivity contribution in [2.75, 3.05) is 6.54 Å². The van der Waals surface area contributed by atoms with Crippen LogP contribution in [0.1, 0.15) is 12.8 Å². The quantitative estimate of drug-likeness (QED) is 0.846. The van der Waals surface area contributed by atoms with E-state index >= 15 is 0 Å². The molecule has 1 atom stereocenters. The zero-order chi connectivity index (χ0) is 15.9. The highest BCUT2D eigenvalue weighted by molar-refractivity contribution is 7.89. The lowest BCUT2D eigenvalue weighted by Gasteiger charge is -2.21. The molecule has 2 aromatic rings. The fraction of sp³-hybridized carbons (Fsp3) is 0.286. The number of carbonyl (C=O) groups is 1. The summed E-state index contributed by atoms with van der Waals surface area (Å²) in [6.45, 7) is 0.182. The summed E-state index contributed by atoms with van der Waals surface area (Å²) in [4.78, 5) is 22.3. The summed E-state index contributed by atoms with van der Waals surface area (Å²) < 4.78 is 31.2. The molecule has 1 aliphatic heterocycles. The molecule has 0 spiro atoms. The van der Waals surface area contributed by atoms with E-state index < -0.39 is 27.7 Å². The van der Waals surface area contributed by atoms with E-state index in [2.05, 4.69) is 0 Å². The van der Waals surface area contributed by atoms with Crippen LogP contribution in [0.3, 0.4) is 0 Å². The van der Waals surface area contributed by atoms with Crippen LogP contribution in [0, 0.1) is 0 Å². The van der Waals surface area contributed by atoms with Crippen LogP contribution >= 0.6 is 0 Å². The van der Waals surface area contributed by atoms with Crippen molar-refractivity contribution in [1.82, 2.24) is 4.31 Å². The van der Waals surface area contributed by atoms with Crippen LogP contribution in [-0.2, 0) is 14.8 Å². The Morgan fingerprint density at radius 3 is 2.77 bits per heavy atom. The van der Waals surface area contributed by atoms with Crippen LogP contribution in [-0.4, -0.2) is 36.4 Å². The minimum Gasteiger partial charge on any atom is -0.480 e. The summed E-state index contributed by atoms with van der Waals surface area (Å²) in [7, 11) is -3.90. The second-order valence-electron chi connectivity index (χ2n) is 5.07. The molecule has 0 aliphatic carbocycles. The lowest BCUT2D eigenvalue weighted by Crippen LogP contribution is -2.40. The first-order valence-electron chi connectivity index (χ1n) is 6.68. The molecule has 8 heteroatoms. The standard InChI is InChI=1S/C14H13NO6S/c16-13-6-3-9-8-10(4-5-12(9)21-13)22(19,20)15-7-1-2-11(15)14(17)18/h3-6,8,11H,1-2,7H2,(H,17,18). The highest BCUT2D eigenvalue weighted by atomic mass is 32.2. The Kier molecular flexibility index (Phi) is 3.50. The lowest BCUT2D eigenvalue weighted by molar-refractivity contribution is -0.140. The lowest BCUT2D eigenvalue weighted by atomic mass is 10.2. The van der Waals surface area contributed by atoms with Gasteiger partial charge in [-0.3, -0.25) is 4.79 Å². The molecule has 1 aliphatic rings. The van der Waals surface area contributed by atoms with Gasteiger partial charge in [-0.1, -0.05) is 0 Å². The fourth-order valence-corrected chi connectivity index (χ4v) is 4.31. The SMILES string of the molecule is O=C(O)C1CCCN1S(=O)(=O)c1ccc2oc(=O)ccc2c1. The van der Waals surface area contributed by atoms with E-state index in [-0.39, 0.29) is 17.0 Å². The number of aliphatic carboxylic acids is 1. The molecule has 1 aromatic carbocycles. The molecule has 0 amide bonds. The normalized spacial score (nSPS) is 19.5. The van der Waals surface area contributed by atoms with Crippen LogP contribution in [0.15, 0.2) is 44.4 Å². The molecule has 7 nitrogen and oxygen atoms in total.